The van der Waals surface area contributed by atoms with Crippen molar-refractivity contribution in [1.29, 1.82) is 0 Å². The van der Waals surface area contributed by atoms with Crippen molar-refractivity contribution in [2.45, 2.75) is 12.8 Å². The van der Waals surface area contributed by atoms with Gasteiger partial charge in [0.1, 0.15) is 0 Å². The van der Waals surface area contributed by atoms with Crippen molar-refractivity contribution in [3.05, 3.63) is 12.7 Å². The van der Waals surface area contributed by atoms with Gasteiger partial charge in [0.15, 0.2) is 0 Å². The Morgan fingerprint density at radius 1 is 1.50 bits per heavy atom. The first-order chi connectivity index (χ1) is 6.90. The maximum absolute atomic E-state index is 4.33. The van der Waals surface area contributed by atoms with Gasteiger partial charge in [0.05, 0.1) is 0 Å². The summed E-state index contributed by atoms with van der Waals surface area (Å²) in [5.41, 5.74) is 0. The molecule has 0 radical (unpaired) electrons. The lowest BCUT2D eigenvalue weighted by molar-refractivity contribution is 0.903. The number of nitrogens with one attached hydrogen (secondary N) is 2. The van der Waals surface area contributed by atoms with E-state index < -0.39 is 0 Å². The number of hydrogen-bond acceptors (Lipinski definition) is 4. The SMILES string of the molecule is C=CCNc1nc(N2CCCC2)n[nH]1. The highest BCUT2D eigenvalue weighted by Gasteiger charge is 2.16. The standard InChI is InChI=1S/C9H15N5/c1-2-5-10-8-11-9(13-12-8)14-6-3-4-7-14/h2H,1,3-7H2,(H2,10,11,12,13). The van der Waals surface area contributed by atoms with E-state index in [0.29, 0.717) is 12.5 Å². The van der Waals surface area contributed by atoms with Crippen LogP contribution in [-0.4, -0.2) is 34.8 Å². The third-order valence-corrected chi connectivity index (χ3v) is 2.28. The van der Waals surface area contributed by atoms with E-state index in [-0.39, 0.29) is 0 Å². The van der Waals surface area contributed by atoms with Crippen LogP contribution in [0.15, 0.2) is 12.7 Å². The van der Waals surface area contributed by atoms with E-state index in [1.807, 2.05) is 0 Å². The molecule has 1 aromatic heterocycles. The Morgan fingerprint density at radius 3 is 3.00 bits per heavy atom. The minimum absolute atomic E-state index is 0.703. The second-order valence-corrected chi connectivity index (χ2v) is 3.35. The molecule has 1 aliphatic rings. The van der Waals surface area contributed by atoms with Gasteiger partial charge in [-0.05, 0) is 12.8 Å². The van der Waals surface area contributed by atoms with Gasteiger partial charge >= 0.3 is 0 Å². The zero-order valence-corrected chi connectivity index (χ0v) is 8.16. The largest absolute Gasteiger partial charge is 0.351 e. The van der Waals surface area contributed by atoms with E-state index in [9.17, 15) is 0 Å². The molecule has 0 unspecified atom stereocenters. The lowest BCUT2D eigenvalue weighted by Gasteiger charge is -2.10. The Labute approximate surface area is 83.2 Å². The first-order valence-electron chi connectivity index (χ1n) is 4.92. The fourth-order valence-electron chi connectivity index (χ4n) is 1.56. The van der Waals surface area contributed by atoms with Crippen molar-refractivity contribution in [1.82, 2.24) is 15.2 Å². The zero-order valence-electron chi connectivity index (χ0n) is 8.16. The van der Waals surface area contributed by atoms with Crippen LogP contribution in [0.1, 0.15) is 12.8 Å². The topological polar surface area (TPSA) is 56.8 Å². The Kier molecular flexibility index (Phi) is 2.67. The maximum Gasteiger partial charge on any atom is 0.246 e. The van der Waals surface area contributed by atoms with Crippen molar-refractivity contribution in [3.8, 4) is 0 Å². The van der Waals surface area contributed by atoms with Gasteiger partial charge in [-0.15, -0.1) is 11.7 Å². The average molecular weight is 193 g/mol. The molecule has 2 N–H and O–H groups in total. The summed E-state index contributed by atoms with van der Waals surface area (Å²) >= 11 is 0. The van der Waals surface area contributed by atoms with Gasteiger partial charge in [0, 0.05) is 19.6 Å². The van der Waals surface area contributed by atoms with Crippen LogP contribution in [-0.2, 0) is 0 Å². The van der Waals surface area contributed by atoms with Crippen molar-refractivity contribution < 1.29 is 0 Å². The molecule has 0 spiro atoms. The van der Waals surface area contributed by atoms with E-state index in [1.54, 1.807) is 6.08 Å². The molecule has 0 bridgehead atoms. The monoisotopic (exact) mass is 193 g/mol. The summed E-state index contributed by atoms with van der Waals surface area (Å²) in [6, 6.07) is 0. The molecule has 0 amide bonds. The molecular formula is C9H15N5. The minimum Gasteiger partial charge on any atom is -0.351 e. The quantitative estimate of drug-likeness (QED) is 0.700. The lowest BCUT2D eigenvalue weighted by atomic mass is 10.4. The highest BCUT2D eigenvalue weighted by molar-refractivity contribution is 5.37. The molecule has 0 aromatic carbocycles. The summed E-state index contributed by atoms with van der Waals surface area (Å²) < 4.78 is 0. The van der Waals surface area contributed by atoms with Crippen LogP contribution in [0.5, 0.6) is 0 Å². The summed E-state index contributed by atoms with van der Waals surface area (Å²) in [5.74, 6) is 1.51. The molecule has 5 heteroatoms. The number of rotatable bonds is 4. The highest BCUT2D eigenvalue weighted by atomic mass is 15.4. The lowest BCUT2D eigenvalue weighted by Crippen LogP contribution is -2.18. The number of aromatic nitrogens is 3. The molecule has 1 saturated heterocycles. The summed E-state index contributed by atoms with van der Waals surface area (Å²) in [6.07, 6.45) is 4.27. The molecule has 76 valence electrons. The van der Waals surface area contributed by atoms with Crippen molar-refractivity contribution in [2.24, 2.45) is 0 Å². The Balaban J connectivity index is 1.97. The van der Waals surface area contributed by atoms with Crippen molar-refractivity contribution >= 4 is 11.9 Å². The summed E-state index contributed by atoms with van der Waals surface area (Å²) in [5, 5.41) is 10.1. The predicted octanol–water partition coefficient (Wildman–Crippen LogP) is 1.00. The van der Waals surface area contributed by atoms with Gasteiger partial charge in [-0.3, -0.25) is 0 Å². The second kappa shape index (κ2) is 4.13. The van der Waals surface area contributed by atoms with Gasteiger partial charge < -0.3 is 10.2 Å². The van der Waals surface area contributed by atoms with Gasteiger partial charge in [-0.25, -0.2) is 5.10 Å². The fraction of sp³-hybridized carbons (Fsp3) is 0.556. The van der Waals surface area contributed by atoms with E-state index in [0.717, 1.165) is 19.0 Å². The zero-order chi connectivity index (χ0) is 9.80. The van der Waals surface area contributed by atoms with Gasteiger partial charge in [0.25, 0.3) is 0 Å². The molecule has 14 heavy (non-hydrogen) atoms. The van der Waals surface area contributed by atoms with Crippen LogP contribution < -0.4 is 10.2 Å². The van der Waals surface area contributed by atoms with Gasteiger partial charge in [0.2, 0.25) is 11.9 Å². The molecule has 2 heterocycles. The molecule has 0 aliphatic carbocycles. The second-order valence-electron chi connectivity index (χ2n) is 3.35. The molecule has 0 saturated carbocycles. The number of hydrogen-bond donors (Lipinski definition) is 2. The smallest absolute Gasteiger partial charge is 0.246 e. The van der Waals surface area contributed by atoms with Crippen LogP contribution >= 0.6 is 0 Å². The number of nitrogens with zero attached hydrogens (tertiary/aromatic N) is 3. The maximum atomic E-state index is 4.33. The number of aromatic amines is 1. The van der Waals surface area contributed by atoms with E-state index >= 15 is 0 Å². The van der Waals surface area contributed by atoms with Crippen LogP contribution in [0.4, 0.5) is 11.9 Å². The average Bonchev–Trinajstić information content (AvgIpc) is 2.85. The normalized spacial score (nSPS) is 15.9. The molecule has 1 aromatic rings. The molecule has 1 fully saturated rings. The number of anilines is 2. The highest BCUT2D eigenvalue weighted by Crippen LogP contribution is 2.15. The Hall–Kier alpha value is -1.52. The third kappa shape index (κ3) is 1.86. The van der Waals surface area contributed by atoms with E-state index in [2.05, 4.69) is 32.0 Å². The van der Waals surface area contributed by atoms with Gasteiger partial charge in [-0.2, -0.15) is 4.98 Å². The third-order valence-electron chi connectivity index (χ3n) is 2.28. The van der Waals surface area contributed by atoms with Gasteiger partial charge in [-0.1, -0.05) is 6.08 Å². The fourth-order valence-corrected chi connectivity index (χ4v) is 1.56. The van der Waals surface area contributed by atoms with Crippen LogP contribution in [0.2, 0.25) is 0 Å². The predicted molar refractivity (Wildman–Crippen MR) is 56.5 cm³/mol. The first-order valence-corrected chi connectivity index (χ1v) is 4.92. The van der Waals surface area contributed by atoms with Crippen LogP contribution in [0.3, 0.4) is 0 Å². The minimum atomic E-state index is 0.703. The first kappa shape index (κ1) is 9.05. The van der Waals surface area contributed by atoms with Crippen LogP contribution in [0, 0.1) is 0 Å². The molecular weight excluding hydrogens is 178 g/mol. The molecule has 2 rings (SSSR count). The Morgan fingerprint density at radius 2 is 2.29 bits per heavy atom. The van der Waals surface area contributed by atoms with E-state index in [1.165, 1.54) is 12.8 Å². The molecule has 0 atom stereocenters. The Bertz CT molecular complexity index is 300. The van der Waals surface area contributed by atoms with E-state index in [4.69, 9.17) is 0 Å². The van der Waals surface area contributed by atoms with Crippen molar-refractivity contribution in [2.75, 3.05) is 29.9 Å². The van der Waals surface area contributed by atoms with Crippen molar-refractivity contribution in [3.63, 3.8) is 0 Å². The summed E-state index contributed by atoms with van der Waals surface area (Å²) in [7, 11) is 0. The van der Waals surface area contributed by atoms with Crippen LogP contribution in [0.25, 0.3) is 0 Å². The summed E-state index contributed by atoms with van der Waals surface area (Å²) in [6.45, 7) is 6.46. The summed E-state index contributed by atoms with van der Waals surface area (Å²) in [4.78, 5) is 6.52. The molecule has 1 aliphatic heterocycles. The molecule has 5 nitrogen and oxygen atoms in total. The number of H-pyrrole nitrogens is 1.